The summed E-state index contributed by atoms with van der Waals surface area (Å²) < 4.78 is 43.0. The van der Waals surface area contributed by atoms with Crippen LogP contribution in [0.3, 0.4) is 0 Å². The number of hydrogen-bond donors (Lipinski definition) is 2. The smallest absolute Gasteiger partial charge is 0.303 e. The second kappa shape index (κ2) is 12.3. The molecule has 28 heavy (non-hydrogen) atoms. The van der Waals surface area contributed by atoms with Crippen molar-refractivity contribution in [3.8, 4) is 5.75 Å². The number of aliphatic hydroxyl groups is 1. The number of sulfonamides is 1. The molecule has 0 amide bonds. The van der Waals surface area contributed by atoms with Crippen LogP contribution in [0.5, 0.6) is 5.75 Å². The van der Waals surface area contributed by atoms with Crippen LogP contribution in [0, 0.1) is 5.82 Å². The molecular formula is C19H26FNO6S. The number of aliphatic carboxylic acids is 1. The molecule has 0 bridgehead atoms. The predicted octanol–water partition coefficient (Wildman–Crippen LogP) is 2.19. The van der Waals surface area contributed by atoms with Gasteiger partial charge in [-0.05, 0) is 37.1 Å². The van der Waals surface area contributed by atoms with Gasteiger partial charge >= 0.3 is 5.97 Å². The van der Waals surface area contributed by atoms with Gasteiger partial charge in [0.25, 0.3) is 0 Å². The van der Waals surface area contributed by atoms with Crippen molar-refractivity contribution in [2.45, 2.75) is 25.4 Å². The van der Waals surface area contributed by atoms with E-state index in [1.165, 1.54) is 40.7 Å². The molecule has 7 nitrogen and oxygen atoms in total. The number of ether oxygens (including phenoxy) is 1. The number of aliphatic hydroxyl groups excluding tert-OH is 1. The number of carboxylic acids is 1. The molecule has 156 valence electrons. The van der Waals surface area contributed by atoms with Crippen molar-refractivity contribution >= 4 is 16.0 Å². The summed E-state index contributed by atoms with van der Waals surface area (Å²) in [6.07, 6.45) is 7.63. The lowest BCUT2D eigenvalue weighted by atomic mass is 10.2. The van der Waals surface area contributed by atoms with Crippen molar-refractivity contribution in [2.24, 2.45) is 0 Å². The van der Waals surface area contributed by atoms with Crippen LogP contribution in [0.15, 0.2) is 48.6 Å². The van der Waals surface area contributed by atoms with Gasteiger partial charge in [0, 0.05) is 19.5 Å². The Morgan fingerprint density at radius 2 is 1.86 bits per heavy atom. The Labute approximate surface area is 164 Å². The predicted molar refractivity (Wildman–Crippen MR) is 104 cm³/mol. The van der Waals surface area contributed by atoms with Gasteiger partial charge < -0.3 is 14.9 Å². The first-order chi connectivity index (χ1) is 13.2. The fourth-order valence-electron chi connectivity index (χ4n) is 2.13. The SMILES string of the molecule is CS(=O)(=O)N(C/C=C\CCCC(=O)O)C/C=C/C(O)COc1ccc(F)cc1. The van der Waals surface area contributed by atoms with Gasteiger partial charge in [-0.25, -0.2) is 12.8 Å². The molecule has 9 heteroatoms. The average molecular weight is 415 g/mol. The molecule has 0 saturated carbocycles. The van der Waals surface area contributed by atoms with Crippen LogP contribution in [0.2, 0.25) is 0 Å². The molecular weight excluding hydrogens is 389 g/mol. The standard InChI is InChI=1S/C19H26FNO6S/c1-28(25,26)21(13-5-3-2-4-8-19(23)24)14-6-7-17(22)15-27-18-11-9-16(20)10-12-18/h3,5-7,9-12,17,22H,2,4,8,13-15H2,1H3,(H,23,24)/b5-3-,7-6+. The summed E-state index contributed by atoms with van der Waals surface area (Å²) in [5, 5.41) is 18.4. The quantitative estimate of drug-likeness (QED) is 0.378. The largest absolute Gasteiger partial charge is 0.491 e. The Hall–Kier alpha value is -2.23. The van der Waals surface area contributed by atoms with Gasteiger partial charge in [0.1, 0.15) is 24.3 Å². The van der Waals surface area contributed by atoms with Crippen LogP contribution in [0.25, 0.3) is 0 Å². The van der Waals surface area contributed by atoms with Gasteiger partial charge in [0.15, 0.2) is 0 Å². The van der Waals surface area contributed by atoms with Crippen LogP contribution < -0.4 is 4.74 Å². The number of hydrogen-bond acceptors (Lipinski definition) is 5. The van der Waals surface area contributed by atoms with E-state index in [1.54, 1.807) is 12.2 Å². The fraction of sp³-hybridized carbons (Fsp3) is 0.421. The molecule has 0 aliphatic rings. The monoisotopic (exact) mass is 415 g/mol. The number of carboxylic acid groups (broad SMARTS) is 1. The first kappa shape index (κ1) is 23.8. The highest BCUT2D eigenvalue weighted by molar-refractivity contribution is 7.88. The highest BCUT2D eigenvalue weighted by Gasteiger charge is 2.13. The minimum Gasteiger partial charge on any atom is -0.491 e. The molecule has 1 aromatic rings. The van der Waals surface area contributed by atoms with Gasteiger partial charge in [-0.1, -0.05) is 24.3 Å². The van der Waals surface area contributed by atoms with E-state index >= 15 is 0 Å². The Kier molecular flexibility index (Phi) is 10.4. The molecule has 0 saturated heterocycles. The molecule has 1 rings (SSSR count). The fourth-order valence-corrected chi connectivity index (χ4v) is 2.84. The van der Waals surface area contributed by atoms with E-state index < -0.39 is 22.1 Å². The Morgan fingerprint density at radius 1 is 1.21 bits per heavy atom. The number of halogens is 1. The van der Waals surface area contributed by atoms with E-state index in [1.807, 2.05) is 0 Å². The van der Waals surface area contributed by atoms with Crippen molar-refractivity contribution in [1.82, 2.24) is 4.31 Å². The normalized spacial score (nSPS) is 13.4. The maximum Gasteiger partial charge on any atom is 0.303 e. The van der Waals surface area contributed by atoms with Crippen LogP contribution in [-0.2, 0) is 14.8 Å². The molecule has 0 aromatic heterocycles. The number of nitrogens with zero attached hydrogens (tertiary/aromatic N) is 1. The number of allylic oxidation sites excluding steroid dienone is 1. The average Bonchev–Trinajstić information content (AvgIpc) is 2.61. The Morgan fingerprint density at radius 3 is 2.46 bits per heavy atom. The second-order valence-corrected chi connectivity index (χ2v) is 8.08. The van der Waals surface area contributed by atoms with Crippen LogP contribution >= 0.6 is 0 Å². The van der Waals surface area contributed by atoms with E-state index in [4.69, 9.17) is 9.84 Å². The molecule has 1 atom stereocenters. The summed E-state index contributed by atoms with van der Waals surface area (Å²) >= 11 is 0. The number of rotatable bonds is 13. The lowest BCUT2D eigenvalue weighted by Gasteiger charge is -2.16. The third-order valence-corrected chi connectivity index (χ3v) is 4.84. The van der Waals surface area contributed by atoms with Gasteiger partial charge in [-0.2, -0.15) is 4.31 Å². The molecule has 0 spiro atoms. The molecule has 1 aromatic carbocycles. The zero-order valence-corrected chi connectivity index (χ0v) is 16.5. The van der Waals surface area contributed by atoms with E-state index in [2.05, 4.69) is 0 Å². The molecule has 1 unspecified atom stereocenters. The van der Waals surface area contributed by atoms with Gasteiger partial charge in [0.2, 0.25) is 10.0 Å². The van der Waals surface area contributed by atoms with E-state index in [9.17, 15) is 22.7 Å². The van der Waals surface area contributed by atoms with E-state index in [0.717, 1.165) is 6.26 Å². The van der Waals surface area contributed by atoms with Crippen LogP contribution in [-0.4, -0.2) is 61.0 Å². The Bertz CT molecular complexity index is 761. The summed E-state index contributed by atoms with van der Waals surface area (Å²) in [7, 11) is -3.44. The van der Waals surface area contributed by atoms with Gasteiger partial charge in [-0.3, -0.25) is 4.79 Å². The maximum absolute atomic E-state index is 12.8. The first-order valence-electron chi connectivity index (χ1n) is 8.73. The van der Waals surface area contributed by atoms with E-state index in [-0.39, 0.29) is 31.9 Å². The summed E-state index contributed by atoms with van der Waals surface area (Å²) in [6, 6.07) is 5.38. The van der Waals surface area contributed by atoms with E-state index in [0.29, 0.717) is 18.6 Å². The molecule has 0 radical (unpaired) electrons. The van der Waals surface area contributed by atoms with Crippen LogP contribution in [0.4, 0.5) is 4.39 Å². The molecule has 0 aliphatic heterocycles. The summed E-state index contributed by atoms with van der Waals surface area (Å²) in [6.45, 7) is 0.175. The minimum atomic E-state index is -3.44. The lowest BCUT2D eigenvalue weighted by Crippen LogP contribution is -2.30. The zero-order chi connectivity index (χ0) is 21.0. The Balaban J connectivity index is 2.43. The highest BCUT2D eigenvalue weighted by Crippen LogP contribution is 2.11. The zero-order valence-electron chi connectivity index (χ0n) is 15.7. The second-order valence-electron chi connectivity index (χ2n) is 6.10. The third kappa shape index (κ3) is 10.8. The molecule has 0 fully saturated rings. The number of unbranched alkanes of at least 4 members (excludes halogenated alkanes) is 1. The lowest BCUT2D eigenvalue weighted by molar-refractivity contribution is -0.137. The topological polar surface area (TPSA) is 104 Å². The third-order valence-electron chi connectivity index (χ3n) is 3.61. The van der Waals surface area contributed by atoms with Crippen molar-refractivity contribution < 1.29 is 32.6 Å². The van der Waals surface area contributed by atoms with Gasteiger partial charge in [0.05, 0.1) is 6.26 Å². The summed E-state index contributed by atoms with van der Waals surface area (Å²) in [5.74, 6) is -0.831. The first-order valence-corrected chi connectivity index (χ1v) is 10.6. The number of carbonyl (C=O) groups is 1. The van der Waals surface area contributed by atoms with Crippen molar-refractivity contribution in [3.05, 3.63) is 54.4 Å². The molecule has 2 N–H and O–H groups in total. The minimum absolute atomic E-state index is 0.0511. The summed E-state index contributed by atoms with van der Waals surface area (Å²) in [5.41, 5.74) is 0. The highest BCUT2D eigenvalue weighted by atomic mass is 32.2. The maximum atomic E-state index is 12.8. The van der Waals surface area contributed by atoms with Crippen molar-refractivity contribution in [3.63, 3.8) is 0 Å². The van der Waals surface area contributed by atoms with Gasteiger partial charge in [-0.15, -0.1) is 0 Å². The van der Waals surface area contributed by atoms with Crippen molar-refractivity contribution in [2.75, 3.05) is 26.0 Å². The summed E-state index contributed by atoms with van der Waals surface area (Å²) in [4.78, 5) is 10.4. The van der Waals surface area contributed by atoms with Crippen molar-refractivity contribution in [1.29, 1.82) is 0 Å². The number of benzene rings is 1. The molecule has 0 heterocycles. The molecule has 0 aliphatic carbocycles. The van der Waals surface area contributed by atoms with Crippen LogP contribution in [0.1, 0.15) is 19.3 Å².